The molecule has 1 N–H and O–H groups in total. The second kappa shape index (κ2) is 17.9. The van der Waals surface area contributed by atoms with Gasteiger partial charge < -0.3 is 38.2 Å². The van der Waals surface area contributed by atoms with Crippen LogP contribution < -0.4 is 5.32 Å². The molecule has 1 amide bonds. The lowest BCUT2D eigenvalue weighted by Gasteiger charge is -2.37. The maximum Gasteiger partial charge on any atom is 0.471 e. The van der Waals surface area contributed by atoms with E-state index >= 15 is 0 Å². The van der Waals surface area contributed by atoms with E-state index in [1.807, 2.05) is 30.2 Å². The number of carbonyl (C=O) groups is 1. The fraction of sp³-hybridized carbons (Fsp3) is 0.688. The fourth-order valence-corrected chi connectivity index (χ4v) is 7.52. The summed E-state index contributed by atoms with van der Waals surface area (Å²) in [5.74, 6) is 4.93. The number of rotatable bonds is 16. The number of nitrogens with one attached hydrogen (secondary N) is 1. The zero-order chi connectivity index (χ0) is 37.3. The molecule has 0 aliphatic carbocycles. The summed E-state index contributed by atoms with van der Waals surface area (Å²) in [6.45, 7) is 14.9. The first kappa shape index (κ1) is 42.0. The minimum Gasteiger partial charge on any atom is -0.414 e. The average Bonchev–Trinajstić information content (AvgIpc) is 3.60. The Balaban J connectivity index is 1.77. The summed E-state index contributed by atoms with van der Waals surface area (Å²) in [5, 5.41) is 2.61. The minimum absolute atomic E-state index is 0.0368. The van der Waals surface area contributed by atoms with Gasteiger partial charge >= 0.3 is 12.1 Å². The number of ether oxygens (including phenoxy) is 4. The number of carbonyl (C=O) groups excluding carboxylic acids is 1. The summed E-state index contributed by atoms with van der Waals surface area (Å²) < 4.78 is 68.8. The van der Waals surface area contributed by atoms with E-state index in [0.29, 0.717) is 35.4 Å². The molecular weight excluding hydrogens is 714 g/mol. The molecule has 3 rings (SSSR count). The Hall–Kier alpha value is -2.37. The van der Waals surface area contributed by atoms with E-state index in [-0.39, 0.29) is 43.1 Å². The van der Waals surface area contributed by atoms with Gasteiger partial charge in [-0.05, 0) is 32.0 Å². The van der Waals surface area contributed by atoms with Crippen LogP contribution in [0.4, 0.5) is 19.0 Å². The number of fused-ring (bicyclic) bond motifs is 1. The van der Waals surface area contributed by atoms with Crippen molar-refractivity contribution in [3.05, 3.63) is 18.1 Å². The molecule has 1 fully saturated rings. The number of hydrogen-bond acceptors (Lipinski definition) is 11. The Morgan fingerprint density at radius 3 is 2.60 bits per heavy atom. The summed E-state index contributed by atoms with van der Waals surface area (Å²) >= 11 is 0. The molecule has 12 nitrogen and oxygen atoms in total. The van der Waals surface area contributed by atoms with E-state index in [1.165, 1.54) is 27.9 Å². The second-order valence-electron chi connectivity index (χ2n) is 14.0. The van der Waals surface area contributed by atoms with Crippen LogP contribution in [0, 0.1) is 11.8 Å². The van der Waals surface area contributed by atoms with Gasteiger partial charge in [0, 0.05) is 45.1 Å². The third kappa shape index (κ3) is 12.1. The maximum absolute atomic E-state index is 12.5. The molecule has 0 spiro atoms. The van der Waals surface area contributed by atoms with Gasteiger partial charge in [-0.15, -0.1) is 0 Å². The second-order valence-corrected chi connectivity index (χ2v) is 21.8. The Morgan fingerprint density at radius 1 is 1.24 bits per heavy atom. The summed E-state index contributed by atoms with van der Waals surface area (Å²) in [6, 6.07) is 0. The molecule has 0 radical (unpaired) electrons. The Morgan fingerprint density at radius 2 is 1.96 bits per heavy atom. The Labute approximate surface area is 301 Å². The number of alkyl halides is 3. The molecule has 1 aliphatic heterocycles. The van der Waals surface area contributed by atoms with Crippen LogP contribution in [0.25, 0.3) is 11.0 Å². The van der Waals surface area contributed by atoms with Crippen LogP contribution in [0.3, 0.4) is 0 Å². The first-order valence-corrected chi connectivity index (χ1v) is 21.2. The number of aliphatic imine (C=N–C) groups is 1. The summed E-state index contributed by atoms with van der Waals surface area (Å²) in [7, 11) is 5.87. The van der Waals surface area contributed by atoms with E-state index in [2.05, 4.69) is 60.7 Å². The number of nitrogens with zero attached hydrogens (tertiary/aromatic N) is 5. The van der Waals surface area contributed by atoms with Gasteiger partial charge in [-0.3, -0.25) is 4.79 Å². The normalized spacial score (nSPS) is 18.9. The molecule has 2 aromatic rings. The maximum atomic E-state index is 12.5. The van der Waals surface area contributed by atoms with Crippen molar-refractivity contribution >= 4 is 59.0 Å². The van der Waals surface area contributed by atoms with Crippen LogP contribution in [0.2, 0.25) is 18.1 Å². The molecular formula is C32H49F3N6O6S2Si. The third-order valence-corrected chi connectivity index (χ3v) is 15.5. The molecule has 0 unspecified atom stereocenters. The van der Waals surface area contributed by atoms with Crippen molar-refractivity contribution in [1.29, 1.82) is 0 Å². The van der Waals surface area contributed by atoms with Crippen LogP contribution in [0.1, 0.15) is 52.8 Å². The molecule has 3 atom stereocenters. The molecule has 1 saturated heterocycles. The van der Waals surface area contributed by atoms with Crippen molar-refractivity contribution < 1.29 is 41.3 Å². The van der Waals surface area contributed by atoms with Crippen molar-refractivity contribution in [2.45, 2.75) is 88.5 Å². The SMILES string of the molecule is COCO[C@@H]1C[C@H](n2cc(C#CCOCSSC(C)(C)CNC(=O)C(F)(F)F)c3c(N=CN(C)C)ncnc32)O[C@@H]1CO[Si](C)(C)C(C)(C)C. The number of aromatic nitrogens is 3. The molecule has 0 saturated carbocycles. The van der Waals surface area contributed by atoms with Crippen LogP contribution in [0.15, 0.2) is 17.5 Å². The highest BCUT2D eigenvalue weighted by molar-refractivity contribution is 8.77. The van der Waals surface area contributed by atoms with Gasteiger partial charge in [0.2, 0.25) is 0 Å². The van der Waals surface area contributed by atoms with Crippen LogP contribution in [-0.2, 0) is 28.2 Å². The first-order valence-electron chi connectivity index (χ1n) is 15.9. The highest BCUT2D eigenvalue weighted by Crippen LogP contribution is 2.40. The molecule has 1 aliphatic rings. The van der Waals surface area contributed by atoms with Crippen molar-refractivity contribution in [3.8, 4) is 11.8 Å². The van der Waals surface area contributed by atoms with Crippen molar-refractivity contribution in [2.75, 3.05) is 53.7 Å². The van der Waals surface area contributed by atoms with Gasteiger partial charge in [0.05, 0.1) is 30.0 Å². The van der Waals surface area contributed by atoms with Gasteiger partial charge in [0.1, 0.15) is 43.6 Å². The van der Waals surface area contributed by atoms with Gasteiger partial charge in [0.15, 0.2) is 14.1 Å². The largest absolute Gasteiger partial charge is 0.471 e. The highest BCUT2D eigenvalue weighted by Gasteiger charge is 2.43. The van der Waals surface area contributed by atoms with Crippen molar-refractivity contribution in [2.24, 2.45) is 4.99 Å². The van der Waals surface area contributed by atoms with Gasteiger partial charge in [-0.2, -0.15) is 13.2 Å². The quantitative estimate of drug-likeness (QED) is 0.0406. The van der Waals surface area contributed by atoms with Crippen LogP contribution in [0.5, 0.6) is 0 Å². The summed E-state index contributed by atoms with van der Waals surface area (Å²) in [4.78, 5) is 26.5. The molecule has 0 bridgehead atoms. The van der Waals surface area contributed by atoms with E-state index in [9.17, 15) is 18.0 Å². The number of methoxy groups -OCH3 is 1. The third-order valence-electron chi connectivity index (χ3n) is 8.05. The van der Waals surface area contributed by atoms with Crippen LogP contribution >= 0.6 is 21.6 Å². The molecule has 280 valence electrons. The summed E-state index contributed by atoms with van der Waals surface area (Å²) in [6.07, 6.45) is -0.451. The van der Waals surface area contributed by atoms with Crippen LogP contribution in [-0.4, -0.2) is 117 Å². The average molecular weight is 763 g/mol. The van der Waals surface area contributed by atoms with Crippen molar-refractivity contribution in [1.82, 2.24) is 24.8 Å². The molecule has 2 aromatic heterocycles. The van der Waals surface area contributed by atoms with E-state index < -0.39 is 31.4 Å². The zero-order valence-corrected chi connectivity index (χ0v) is 33.0. The number of hydrogen-bond donors (Lipinski definition) is 1. The van der Waals surface area contributed by atoms with Crippen molar-refractivity contribution in [3.63, 3.8) is 0 Å². The minimum atomic E-state index is -4.92. The lowest BCUT2D eigenvalue weighted by molar-refractivity contribution is -0.173. The number of halogens is 3. The van der Waals surface area contributed by atoms with E-state index in [0.717, 1.165) is 0 Å². The first-order chi connectivity index (χ1) is 23.3. The topological polar surface area (TPSA) is 122 Å². The Kier molecular flexibility index (Phi) is 15.1. The predicted octanol–water partition coefficient (Wildman–Crippen LogP) is 6.12. The highest BCUT2D eigenvalue weighted by atomic mass is 33.1. The summed E-state index contributed by atoms with van der Waals surface area (Å²) in [5.41, 5.74) is 1.24. The molecule has 18 heteroatoms. The monoisotopic (exact) mass is 762 g/mol. The Bertz CT molecular complexity index is 1520. The number of amides is 1. The van der Waals surface area contributed by atoms with E-state index in [4.69, 9.17) is 23.4 Å². The standard InChI is InChI=1S/C32H49F3N6O6S2Si/c1-30(2,3)50(9,10)46-16-24-23(45-20-43-8)14-25(47-24)41-15-22(26-27(39-19-40(6)7)37-18-38-28(26)41)12-11-13-44-21-48-49-31(4,5)17-36-29(42)32(33,34)35/h15,18-19,23-25H,13-14,16-17,20-21H2,1-10H3,(H,36,42)/t23-,24-,25-/m1/s1. The zero-order valence-electron chi connectivity index (χ0n) is 30.3. The van der Waals surface area contributed by atoms with Gasteiger partial charge in [-0.25, -0.2) is 15.0 Å². The fourth-order valence-electron chi connectivity index (χ4n) is 4.37. The lowest BCUT2D eigenvalue weighted by Crippen LogP contribution is -2.44. The molecule has 0 aromatic carbocycles. The van der Waals surface area contributed by atoms with E-state index in [1.54, 1.807) is 32.2 Å². The van der Waals surface area contributed by atoms with Gasteiger partial charge in [0.25, 0.3) is 0 Å². The smallest absolute Gasteiger partial charge is 0.414 e. The lowest BCUT2D eigenvalue weighted by atomic mass is 10.2. The molecule has 3 heterocycles. The predicted molar refractivity (Wildman–Crippen MR) is 194 cm³/mol. The molecule has 50 heavy (non-hydrogen) atoms. The van der Waals surface area contributed by atoms with Gasteiger partial charge in [-0.1, -0.05) is 54.2 Å².